The zero-order valence-electron chi connectivity index (χ0n) is 19.8. The molecule has 1 heterocycles. The molecule has 3 aromatic carbocycles. The minimum Gasteiger partial charge on any atom is -0.477 e. The molecule has 3 aromatic rings. The second-order valence-electron chi connectivity index (χ2n) is 9.24. The maximum absolute atomic E-state index is 12.5. The van der Waals surface area contributed by atoms with Gasteiger partial charge in [-0.2, -0.15) is 0 Å². The first kappa shape index (κ1) is 24.5. The van der Waals surface area contributed by atoms with E-state index in [1.165, 1.54) is 29.8 Å². The Balaban J connectivity index is 1.37. The molecule has 0 radical (unpaired) electrons. The minimum atomic E-state index is -4.73. The van der Waals surface area contributed by atoms with Gasteiger partial charge in [-0.1, -0.05) is 48.9 Å². The summed E-state index contributed by atoms with van der Waals surface area (Å²) in [4.78, 5) is 13.5. The van der Waals surface area contributed by atoms with E-state index in [9.17, 15) is 18.0 Å². The van der Waals surface area contributed by atoms with Crippen LogP contribution in [0.4, 0.5) is 24.5 Å². The molecule has 5 rings (SSSR count). The minimum absolute atomic E-state index is 0.193. The summed E-state index contributed by atoms with van der Waals surface area (Å²) in [5.74, 6) is -1.02. The molecule has 0 spiro atoms. The first-order valence-electron chi connectivity index (χ1n) is 12.0. The van der Waals surface area contributed by atoms with Crippen LogP contribution in [0.15, 0.2) is 72.4 Å². The summed E-state index contributed by atoms with van der Waals surface area (Å²) in [6.07, 6.45) is 3.62. The van der Waals surface area contributed by atoms with E-state index in [4.69, 9.17) is 10.8 Å². The number of rotatable bonds is 6. The zero-order valence-corrected chi connectivity index (χ0v) is 19.8. The lowest BCUT2D eigenvalue weighted by Gasteiger charge is -2.27. The van der Waals surface area contributed by atoms with Gasteiger partial charge in [-0.05, 0) is 77.6 Å². The van der Waals surface area contributed by atoms with Gasteiger partial charge in [-0.3, -0.25) is 0 Å². The second-order valence-corrected chi connectivity index (χ2v) is 9.24. The molecule has 1 fully saturated rings. The number of hydrogen-bond acceptors (Lipinski definition) is 4. The average molecular weight is 507 g/mol. The van der Waals surface area contributed by atoms with E-state index >= 15 is 0 Å². The first-order valence-corrected chi connectivity index (χ1v) is 12.0. The molecule has 2 aliphatic rings. The van der Waals surface area contributed by atoms with Crippen LogP contribution in [0.3, 0.4) is 0 Å². The van der Waals surface area contributed by atoms with Gasteiger partial charge in [-0.15, -0.1) is 13.2 Å². The van der Waals surface area contributed by atoms with Crippen LogP contribution < -0.4 is 15.4 Å². The van der Waals surface area contributed by atoms with Crippen molar-refractivity contribution in [3.63, 3.8) is 0 Å². The standard InChI is InChI=1S/C29H25F3N2O3/c30-29(31,32)37-22-4-1-3-19(15-22)8-7-18-9-12-21(13-10-18)34-26-6-2-5-23(26)24-16-20(11-14-27(24)34)17-25(33)28(35)36/h1,3-4,7-17,23,26H,2,5-6,33H2,(H,35,36)/b8-7+,25-17-. The maximum Gasteiger partial charge on any atom is 0.573 e. The van der Waals surface area contributed by atoms with E-state index in [1.54, 1.807) is 12.1 Å². The highest BCUT2D eigenvalue weighted by Crippen LogP contribution is 2.52. The van der Waals surface area contributed by atoms with Crippen LogP contribution in [0.25, 0.3) is 18.2 Å². The van der Waals surface area contributed by atoms with Crippen LogP contribution in [-0.2, 0) is 4.79 Å². The summed E-state index contributed by atoms with van der Waals surface area (Å²) >= 11 is 0. The SMILES string of the molecule is N/C(=C\c1ccc2c(c1)C1CCCC1N2c1ccc(/C=C/c2cccc(OC(F)(F)F)c2)cc1)C(=O)O. The monoisotopic (exact) mass is 506 g/mol. The van der Waals surface area contributed by atoms with Gasteiger partial charge in [0.1, 0.15) is 11.4 Å². The van der Waals surface area contributed by atoms with E-state index in [-0.39, 0.29) is 11.4 Å². The summed E-state index contributed by atoms with van der Waals surface area (Å²) < 4.78 is 41.5. The highest BCUT2D eigenvalue weighted by molar-refractivity contribution is 5.91. The maximum atomic E-state index is 12.5. The van der Waals surface area contributed by atoms with Crippen LogP contribution in [0.1, 0.15) is 47.4 Å². The molecule has 0 amide bonds. The third-order valence-corrected chi connectivity index (χ3v) is 6.82. The van der Waals surface area contributed by atoms with E-state index in [0.717, 1.165) is 41.8 Å². The Hall–Kier alpha value is -4.20. The normalized spacial score (nSPS) is 19.2. The summed E-state index contributed by atoms with van der Waals surface area (Å²) in [6.45, 7) is 0. The van der Waals surface area contributed by atoms with E-state index in [1.807, 2.05) is 48.5 Å². The number of carboxylic acid groups (broad SMARTS) is 1. The fourth-order valence-corrected chi connectivity index (χ4v) is 5.30. The number of carbonyl (C=O) groups is 1. The fourth-order valence-electron chi connectivity index (χ4n) is 5.30. The van der Waals surface area contributed by atoms with Crippen LogP contribution in [0.5, 0.6) is 5.75 Å². The molecule has 3 N–H and O–H groups in total. The van der Waals surface area contributed by atoms with E-state index < -0.39 is 12.3 Å². The number of nitrogens with zero attached hydrogens (tertiary/aromatic N) is 1. The van der Waals surface area contributed by atoms with E-state index in [2.05, 4.69) is 9.64 Å². The van der Waals surface area contributed by atoms with Crippen molar-refractivity contribution in [2.45, 2.75) is 37.6 Å². The number of ether oxygens (including phenoxy) is 1. The number of halogens is 3. The van der Waals surface area contributed by atoms with Crippen molar-refractivity contribution >= 4 is 35.6 Å². The first-order chi connectivity index (χ1) is 17.7. The molecule has 5 nitrogen and oxygen atoms in total. The topological polar surface area (TPSA) is 75.8 Å². The smallest absolute Gasteiger partial charge is 0.477 e. The number of alkyl halides is 3. The molecule has 1 aliphatic heterocycles. The lowest BCUT2D eigenvalue weighted by molar-refractivity contribution is -0.274. The number of carboxylic acids is 1. The van der Waals surface area contributed by atoms with Crippen molar-refractivity contribution in [2.75, 3.05) is 4.90 Å². The van der Waals surface area contributed by atoms with Gasteiger partial charge < -0.3 is 20.5 Å². The van der Waals surface area contributed by atoms with Crippen molar-refractivity contribution in [1.82, 2.24) is 0 Å². The Kier molecular flexibility index (Phi) is 6.41. The molecular weight excluding hydrogens is 481 g/mol. The van der Waals surface area contributed by atoms with Gasteiger partial charge in [-0.25, -0.2) is 4.79 Å². The molecule has 0 bridgehead atoms. The molecular formula is C29H25F3N2O3. The lowest BCUT2D eigenvalue weighted by Crippen LogP contribution is -2.26. The van der Waals surface area contributed by atoms with Crippen molar-refractivity contribution in [3.05, 3.63) is 94.7 Å². The number of nitrogens with two attached hydrogens (primary N) is 1. The molecule has 37 heavy (non-hydrogen) atoms. The molecule has 0 saturated heterocycles. The number of fused-ring (bicyclic) bond motifs is 3. The van der Waals surface area contributed by atoms with Gasteiger partial charge in [0.25, 0.3) is 0 Å². The summed E-state index contributed by atoms with van der Waals surface area (Å²) in [7, 11) is 0. The predicted molar refractivity (Wildman–Crippen MR) is 137 cm³/mol. The van der Waals surface area contributed by atoms with Crippen molar-refractivity contribution < 1.29 is 27.8 Å². The van der Waals surface area contributed by atoms with Crippen LogP contribution >= 0.6 is 0 Å². The quantitative estimate of drug-likeness (QED) is 0.280. The number of benzene rings is 3. The molecule has 8 heteroatoms. The van der Waals surface area contributed by atoms with Gasteiger partial charge in [0.15, 0.2) is 0 Å². The predicted octanol–water partition coefficient (Wildman–Crippen LogP) is 6.93. The molecule has 1 aliphatic carbocycles. The second kappa shape index (κ2) is 9.69. The third-order valence-electron chi connectivity index (χ3n) is 6.82. The number of anilines is 2. The van der Waals surface area contributed by atoms with Crippen LogP contribution in [0, 0.1) is 0 Å². The van der Waals surface area contributed by atoms with Crippen molar-refractivity contribution in [1.29, 1.82) is 0 Å². The lowest BCUT2D eigenvalue weighted by atomic mass is 9.96. The van der Waals surface area contributed by atoms with E-state index in [0.29, 0.717) is 17.5 Å². The van der Waals surface area contributed by atoms with Gasteiger partial charge in [0, 0.05) is 23.3 Å². The van der Waals surface area contributed by atoms with Gasteiger partial charge >= 0.3 is 12.3 Å². The third kappa shape index (κ3) is 5.33. The zero-order chi connectivity index (χ0) is 26.2. The van der Waals surface area contributed by atoms with Gasteiger partial charge in [0.05, 0.1) is 0 Å². The highest BCUT2D eigenvalue weighted by Gasteiger charge is 2.42. The molecule has 190 valence electrons. The Morgan fingerprint density at radius 3 is 2.43 bits per heavy atom. The molecule has 2 unspecified atom stereocenters. The Morgan fingerprint density at radius 1 is 0.973 bits per heavy atom. The Labute approximate surface area is 212 Å². The molecule has 0 aromatic heterocycles. The molecule has 1 saturated carbocycles. The summed E-state index contributed by atoms with van der Waals surface area (Å²) in [6, 6.07) is 20.2. The van der Waals surface area contributed by atoms with Crippen molar-refractivity contribution in [2.24, 2.45) is 5.73 Å². The Bertz CT molecular complexity index is 1380. The number of hydrogen-bond donors (Lipinski definition) is 2. The molecule has 2 atom stereocenters. The Morgan fingerprint density at radius 2 is 1.70 bits per heavy atom. The highest BCUT2D eigenvalue weighted by atomic mass is 19.4. The largest absolute Gasteiger partial charge is 0.573 e. The van der Waals surface area contributed by atoms with Gasteiger partial charge in [0.2, 0.25) is 0 Å². The summed E-state index contributed by atoms with van der Waals surface area (Å²) in [5, 5.41) is 9.10. The average Bonchev–Trinajstić information content (AvgIpc) is 3.43. The summed E-state index contributed by atoms with van der Waals surface area (Å²) in [5.41, 5.74) is 11.1. The fraction of sp³-hybridized carbons (Fsp3) is 0.207. The van der Waals surface area contributed by atoms with Crippen LogP contribution in [-0.4, -0.2) is 23.5 Å². The van der Waals surface area contributed by atoms with Crippen molar-refractivity contribution in [3.8, 4) is 5.75 Å². The van der Waals surface area contributed by atoms with Crippen LogP contribution in [0.2, 0.25) is 0 Å². The number of aliphatic carboxylic acids is 1.